The largest absolute Gasteiger partial charge is 0.378 e. The van der Waals surface area contributed by atoms with Gasteiger partial charge in [0.25, 0.3) is 0 Å². The number of piperidine rings is 1. The quantitative estimate of drug-likeness (QED) is 0.445. The van der Waals surface area contributed by atoms with Crippen LogP contribution in [0, 0.1) is 5.41 Å². The van der Waals surface area contributed by atoms with E-state index in [0.29, 0.717) is 19.6 Å². The second-order valence-corrected chi connectivity index (χ2v) is 11.4. The average molecular weight is 502 g/mol. The number of nitrogens with one attached hydrogen (secondary N) is 1. The molecular formula is C28H35N7O2. The lowest BCUT2D eigenvalue weighted by Crippen LogP contribution is -2.40. The molecule has 2 fully saturated rings. The van der Waals surface area contributed by atoms with Crippen molar-refractivity contribution in [2.75, 3.05) is 44.3 Å². The molecule has 0 radical (unpaired) electrons. The van der Waals surface area contributed by atoms with Crippen LogP contribution in [0.15, 0.2) is 36.8 Å². The van der Waals surface area contributed by atoms with Crippen molar-refractivity contribution in [3.8, 4) is 11.3 Å². The smallest absolute Gasteiger partial charge is 0.228 e. The highest BCUT2D eigenvalue weighted by Crippen LogP contribution is 2.35. The zero-order chi connectivity index (χ0) is 25.6. The van der Waals surface area contributed by atoms with Gasteiger partial charge in [-0.1, -0.05) is 32.9 Å². The maximum Gasteiger partial charge on any atom is 0.228 e. The number of likely N-dealkylation sites (tertiary alicyclic amines) is 1. The second kappa shape index (κ2) is 9.45. The van der Waals surface area contributed by atoms with E-state index < -0.39 is 0 Å². The summed E-state index contributed by atoms with van der Waals surface area (Å²) >= 11 is 0. The SMILES string of the molecule is CC(C)(C)CC(=O)N1CCC(n2cnc3c(-c4cccc5[nH]ccc45)nc(N4CCOCC4)nc32)CC1. The number of amides is 1. The van der Waals surface area contributed by atoms with E-state index >= 15 is 0 Å². The summed E-state index contributed by atoms with van der Waals surface area (Å²) < 4.78 is 7.80. The Bertz CT molecular complexity index is 1420. The fraction of sp³-hybridized carbons (Fsp3) is 0.500. The first-order chi connectivity index (χ1) is 17.9. The number of hydrogen-bond acceptors (Lipinski definition) is 6. The van der Waals surface area contributed by atoms with Gasteiger partial charge in [0.05, 0.1) is 19.5 Å². The third kappa shape index (κ3) is 4.68. The number of rotatable bonds is 4. The van der Waals surface area contributed by atoms with Gasteiger partial charge in [0, 0.05) is 61.3 Å². The van der Waals surface area contributed by atoms with Crippen LogP contribution in [0.4, 0.5) is 5.95 Å². The van der Waals surface area contributed by atoms with E-state index in [1.54, 1.807) is 0 Å². The van der Waals surface area contributed by atoms with Gasteiger partial charge in [-0.3, -0.25) is 4.79 Å². The van der Waals surface area contributed by atoms with Gasteiger partial charge in [-0.05, 0) is 30.4 Å². The minimum atomic E-state index is 0.0000197. The predicted octanol–water partition coefficient (Wildman–Crippen LogP) is 4.41. The van der Waals surface area contributed by atoms with Gasteiger partial charge < -0.3 is 24.1 Å². The van der Waals surface area contributed by atoms with Crippen LogP contribution in [0.1, 0.15) is 46.1 Å². The van der Waals surface area contributed by atoms with Crippen LogP contribution in [0.2, 0.25) is 0 Å². The first-order valence-corrected chi connectivity index (χ1v) is 13.3. The van der Waals surface area contributed by atoms with E-state index in [0.717, 1.165) is 78.3 Å². The number of carbonyl (C=O) groups is 1. The van der Waals surface area contributed by atoms with Crippen LogP contribution in [0.5, 0.6) is 0 Å². The lowest BCUT2D eigenvalue weighted by Gasteiger charge is -2.34. The number of imidazole rings is 1. The number of hydrogen-bond donors (Lipinski definition) is 1. The minimum absolute atomic E-state index is 0.0000197. The Morgan fingerprint density at radius 3 is 2.62 bits per heavy atom. The fourth-order valence-electron chi connectivity index (χ4n) is 5.52. The molecule has 3 aromatic heterocycles. The zero-order valence-corrected chi connectivity index (χ0v) is 21.9. The standard InChI is InChI=1S/C28H35N7O2/c1-28(2,3)17-23(36)33-11-8-19(9-12-33)35-18-30-25-24(21-5-4-6-22-20(21)7-10-29-22)31-27(32-26(25)35)34-13-15-37-16-14-34/h4-7,10,18-19,29H,8-9,11-17H2,1-3H3. The lowest BCUT2D eigenvalue weighted by molar-refractivity contribution is -0.134. The van der Waals surface area contributed by atoms with Gasteiger partial charge in [-0.25, -0.2) is 9.97 Å². The topological polar surface area (TPSA) is 92.2 Å². The normalized spacial score (nSPS) is 17.7. The molecule has 0 atom stereocenters. The lowest BCUT2D eigenvalue weighted by atomic mass is 9.91. The Morgan fingerprint density at radius 1 is 1.08 bits per heavy atom. The van der Waals surface area contributed by atoms with E-state index in [-0.39, 0.29) is 17.4 Å². The Morgan fingerprint density at radius 2 is 1.86 bits per heavy atom. The van der Waals surface area contributed by atoms with Crippen molar-refractivity contribution < 1.29 is 9.53 Å². The van der Waals surface area contributed by atoms with Gasteiger partial charge in [-0.2, -0.15) is 4.98 Å². The molecule has 0 aliphatic carbocycles. The van der Waals surface area contributed by atoms with Crippen LogP contribution in [0.3, 0.4) is 0 Å². The van der Waals surface area contributed by atoms with Crippen molar-refractivity contribution in [3.63, 3.8) is 0 Å². The van der Waals surface area contributed by atoms with Crippen molar-refractivity contribution in [1.29, 1.82) is 0 Å². The van der Waals surface area contributed by atoms with Crippen molar-refractivity contribution in [1.82, 2.24) is 29.4 Å². The van der Waals surface area contributed by atoms with Gasteiger partial charge >= 0.3 is 0 Å². The number of fused-ring (bicyclic) bond motifs is 2. The molecule has 194 valence electrons. The van der Waals surface area contributed by atoms with Gasteiger partial charge in [-0.15, -0.1) is 0 Å². The number of ether oxygens (including phenoxy) is 1. The van der Waals surface area contributed by atoms with Crippen molar-refractivity contribution >= 4 is 33.9 Å². The number of morpholine rings is 1. The third-order valence-electron chi connectivity index (χ3n) is 7.45. The molecule has 1 aromatic carbocycles. The monoisotopic (exact) mass is 501 g/mol. The van der Waals surface area contributed by atoms with E-state index in [1.165, 1.54) is 0 Å². The Labute approximate surface area is 216 Å². The van der Waals surface area contributed by atoms with Crippen LogP contribution in [-0.4, -0.2) is 74.7 Å². The summed E-state index contributed by atoms with van der Waals surface area (Å²) in [7, 11) is 0. The maximum absolute atomic E-state index is 12.8. The van der Waals surface area contributed by atoms with Crippen LogP contribution >= 0.6 is 0 Å². The fourth-order valence-corrected chi connectivity index (χ4v) is 5.52. The number of aromatic amines is 1. The van der Waals surface area contributed by atoms with Crippen molar-refractivity contribution in [2.45, 2.75) is 46.1 Å². The Balaban J connectivity index is 1.37. The summed E-state index contributed by atoms with van der Waals surface area (Å²) in [5.41, 5.74) is 4.65. The first-order valence-electron chi connectivity index (χ1n) is 13.3. The molecule has 4 aromatic rings. The number of aromatic nitrogens is 5. The molecule has 2 aliphatic heterocycles. The van der Waals surface area contributed by atoms with Crippen LogP contribution in [0.25, 0.3) is 33.3 Å². The van der Waals surface area contributed by atoms with Crippen LogP contribution in [-0.2, 0) is 9.53 Å². The summed E-state index contributed by atoms with van der Waals surface area (Å²) in [4.78, 5) is 35.3. The third-order valence-corrected chi connectivity index (χ3v) is 7.45. The molecule has 0 bridgehead atoms. The molecule has 9 nitrogen and oxygen atoms in total. The van der Waals surface area contributed by atoms with E-state index in [9.17, 15) is 4.79 Å². The summed E-state index contributed by atoms with van der Waals surface area (Å²) in [5.74, 6) is 0.970. The van der Waals surface area contributed by atoms with Gasteiger partial charge in [0.2, 0.25) is 11.9 Å². The molecule has 0 saturated carbocycles. The van der Waals surface area contributed by atoms with E-state index in [2.05, 4.69) is 59.5 Å². The van der Waals surface area contributed by atoms with E-state index in [4.69, 9.17) is 19.7 Å². The number of carbonyl (C=O) groups excluding carboxylic acids is 1. The molecule has 5 heterocycles. The van der Waals surface area contributed by atoms with Gasteiger partial charge in [0.15, 0.2) is 5.65 Å². The van der Waals surface area contributed by atoms with Gasteiger partial charge in [0.1, 0.15) is 11.2 Å². The summed E-state index contributed by atoms with van der Waals surface area (Å²) in [5, 5.41) is 1.12. The average Bonchev–Trinajstić information content (AvgIpc) is 3.55. The Kier molecular flexibility index (Phi) is 6.10. The number of anilines is 1. The predicted molar refractivity (Wildman–Crippen MR) is 145 cm³/mol. The highest BCUT2D eigenvalue weighted by molar-refractivity contribution is 6.00. The zero-order valence-electron chi connectivity index (χ0n) is 21.9. The highest BCUT2D eigenvalue weighted by atomic mass is 16.5. The van der Waals surface area contributed by atoms with Crippen LogP contribution < -0.4 is 4.90 Å². The molecule has 37 heavy (non-hydrogen) atoms. The first kappa shape index (κ1) is 23.9. The minimum Gasteiger partial charge on any atom is -0.378 e. The van der Waals surface area contributed by atoms with E-state index in [1.807, 2.05) is 17.4 Å². The number of H-pyrrole nitrogens is 1. The summed E-state index contributed by atoms with van der Waals surface area (Å²) in [6.07, 6.45) is 6.24. The number of benzene rings is 1. The molecule has 9 heteroatoms. The molecular weight excluding hydrogens is 466 g/mol. The molecule has 1 N–H and O–H groups in total. The molecule has 1 amide bonds. The molecule has 6 rings (SSSR count). The number of nitrogens with zero attached hydrogens (tertiary/aromatic N) is 6. The molecule has 0 unspecified atom stereocenters. The Hall–Kier alpha value is -3.46. The van der Waals surface area contributed by atoms with Crippen molar-refractivity contribution in [3.05, 3.63) is 36.8 Å². The second-order valence-electron chi connectivity index (χ2n) is 11.4. The maximum atomic E-state index is 12.8. The summed E-state index contributed by atoms with van der Waals surface area (Å²) in [6, 6.07) is 8.57. The molecule has 2 saturated heterocycles. The summed E-state index contributed by atoms with van der Waals surface area (Å²) in [6.45, 7) is 10.7. The van der Waals surface area contributed by atoms with Crippen molar-refractivity contribution in [2.24, 2.45) is 5.41 Å². The highest BCUT2D eigenvalue weighted by Gasteiger charge is 2.29. The molecule has 0 spiro atoms. The molecule has 2 aliphatic rings.